The molecule has 0 saturated carbocycles. The largest absolute Gasteiger partial charge is 0.417 e. The Morgan fingerprint density at radius 3 is 2.22 bits per heavy atom. The van der Waals surface area contributed by atoms with Crippen LogP contribution in [0.1, 0.15) is 36.8 Å². The molecule has 0 aliphatic carbocycles. The summed E-state index contributed by atoms with van der Waals surface area (Å²) in [5.74, 6) is -1.74. The minimum atomic E-state index is -4.63. The van der Waals surface area contributed by atoms with Gasteiger partial charge in [-0.05, 0) is 42.5 Å². The summed E-state index contributed by atoms with van der Waals surface area (Å²) in [5.41, 5.74) is -0.199. The highest BCUT2D eigenvalue weighted by Gasteiger charge is 2.39. The SMILES string of the molecule is O=C(c1ccccc1C(F)(F)F)N1CCN(c2cnc3c(c2)C(=O)N(c2ccc(Cl)cc2)C3=O)CC1. The lowest BCUT2D eigenvalue weighted by Crippen LogP contribution is -2.49. The fourth-order valence-electron chi connectivity index (χ4n) is 4.36. The molecule has 184 valence electrons. The van der Waals surface area contributed by atoms with Crippen molar-refractivity contribution in [1.82, 2.24) is 9.88 Å². The fraction of sp³-hybridized carbons (Fsp3) is 0.200. The van der Waals surface area contributed by atoms with E-state index < -0.39 is 29.5 Å². The summed E-state index contributed by atoms with van der Waals surface area (Å²) in [6.45, 7) is 1.02. The van der Waals surface area contributed by atoms with E-state index in [0.29, 0.717) is 29.5 Å². The second kappa shape index (κ2) is 8.94. The van der Waals surface area contributed by atoms with Gasteiger partial charge in [0.25, 0.3) is 17.7 Å². The van der Waals surface area contributed by atoms with Gasteiger partial charge in [-0.1, -0.05) is 23.7 Å². The van der Waals surface area contributed by atoms with E-state index in [1.165, 1.54) is 29.3 Å². The summed E-state index contributed by atoms with van der Waals surface area (Å²) in [6.07, 6.45) is -3.15. The van der Waals surface area contributed by atoms with E-state index in [1.54, 1.807) is 30.3 Å². The van der Waals surface area contributed by atoms with Crippen LogP contribution >= 0.6 is 11.6 Å². The number of imide groups is 1. The summed E-state index contributed by atoms with van der Waals surface area (Å²) < 4.78 is 40.0. The smallest absolute Gasteiger partial charge is 0.367 e. The Kier molecular flexibility index (Phi) is 5.91. The van der Waals surface area contributed by atoms with Gasteiger partial charge in [0.1, 0.15) is 5.69 Å². The lowest BCUT2D eigenvalue weighted by atomic mass is 10.1. The van der Waals surface area contributed by atoms with Crippen molar-refractivity contribution in [3.63, 3.8) is 0 Å². The number of carbonyl (C=O) groups is 3. The van der Waals surface area contributed by atoms with Gasteiger partial charge in [-0.25, -0.2) is 9.88 Å². The molecule has 7 nitrogen and oxygen atoms in total. The van der Waals surface area contributed by atoms with Crippen molar-refractivity contribution in [2.45, 2.75) is 6.18 Å². The van der Waals surface area contributed by atoms with Crippen LogP contribution in [0, 0.1) is 0 Å². The molecule has 0 unspecified atom stereocenters. The first-order valence-electron chi connectivity index (χ1n) is 11.0. The Hall–Kier alpha value is -3.92. The number of carbonyl (C=O) groups excluding carboxylic acids is 3. The predicted molar refractivity (Wildman–Crippen MR) is 126 cm³/mol. The molecular formula is C25H18ClF3N4O3. The van der Waals surface area contributed by atoms with E-state index in [2.05, 4.69) is 4.98 Å². The molecule has 0 spiro atoms. The van der Waals surface area contributed by atoms with E-state index in [9.17, 15) is 27.6 Å². The van der Waals surface area contributed by atoms with Crippen LogP contribution in [-0.4, -0.2) is 53.8 Å². The zero-order valence-corrected chi connectivity index (χ0v) is 19.4. The van der Waals surface area contributed by atoms with Gasteiger partial charge in [0.15, 0.2) is 0 Å². The Morgan fingerprint density at radius 1 is 0.889 bits per heavy atom. The number of pyridine rings is 1. The molecule has 1 fully saturated rings. The highest BCUT2D eigenvalue weighted by molar-refractivity contribution is 6.34. The predicted octanol–water partition coefficient (Wildman–Crippen LogP) is 4.52. The maximum absolute atomic E-state index is 13.3. The third kappa shape index (κ3) is 4.17. The van der Waals surface area contributed by atoms with E-state index in [0.717, 1.165) is 11.0 Å². The normalized spacial score (nSPS) is 15.9. The van der Waals surface area contributed by atoms with Crippen LogP contribution in [0.25, 0.3) is 0 Å². The van der Waals surface area contributed by atoms with Crippen LogP contribution < -0.4 is 9.80 Å². The quantitative estimate of drug-likeness (QED) is 0.481. The number of anilines is 2. The molecule has 2 aliphatic heterocycles. The lowest BCUT2D eigenvalue weighted by molar-refractivity contribution is -0.138. The number of fused-ring (bicyclic) bond motifs is 1. The van der Waals surface area contributed by atoms with E-state index in [-0.39, 0.29) is 29.9 Å². The van der Waals surface area contributed by atoms with Gasteiger partial charge < -0.3 is 9.80 Å². The van der Waals surface area contributed by atoms with Gasteiger partial charge >= 0.3 is 6.18 Å². The van der Waals surface area contributed by atoms with Crippen molar-refractivity contribution in [3.8, 4) is 0 Å². The molecule has 0 atom stereocenters. The van der Waals surface area contributed by atoms with Crippen molar-refractivity contribution < 1.29 is 27.6 Å². The molecular weight excluding hydrogens is 497 g/mol. The molecule has 0 radical (unpaired) electrons. The fourth-order valence-corrected chi connectivity index (χ4v) is 4.48. The van der Waals surface area contributed by atoms with Gasteiger partial charge in [0, 0.05) is 31.2 Å². The number of hydrogen-bond donors (Lipinski definition) is 0. The second-order valence-corrected chi connectivity index (χ2v) is 8.77. The monoisotopic (exact) mass is 514 g/mol. The van der Waals surface area contributed by atoms with Crippen LogP contribution in [0.15, 0.2) is 60.8 Å². The zero-order valence-electron chi connectivity index (χ0n) is 18.6. The van der Waals surface area contributed by atoms with Gasteiger partial charge in [0.05, 0.1) is 34.3 Å². The van der Waals surface area contributed by atoms with Gasteiger partial charge in [-0.3, -0.25) is 14.4 Å². The topological polar surface area (TPSA) is 73.8 Å². The second-order valence-electron chi connectivity index (χ2n) is 8.33. The van der Waals surface area contributed by atoms with Crippen molar-refractivity contribution in [2.75, 3.05) is 36.0 Å². The van der Waals surface area contributed by atoms with Crippen molar-refractivity contribution in [3.05, 3.63) is 88.2 Å². The van der Waals surface area contributed by atoms with Crippen LogP contribution in [-0.2, 0) is 6.18 Å². The maximum atomic E-state index is 13.3. The Bertz CT molecular complexity index is 1370. The molecule has 11 heteroatoms. The molecule has 3 aromatic rings. The third-order valence-corrected chi connectivity index (χ3v) is 6.44. The summed E-state index contributed by atoms with van der Waals surface area (Å²) in [7, 11) is 0. The third-order valence-electron chi connectivity index (χ3n) is 6.19. The number of halogens is 4. The summed E-state index contributed by atoms with van der Waals surface area (Å²) >= 11 is 5.90. The van der Waals surface area contributed by atoms with Crippen molar-refractivity contribution in [1.29, 1.82) is 0 Å². The van der Waals surface area contributed by atoms with E-state index in [4.69, 9.17) is 11.6 Å². The number of amides is 3. The number of aromatic nitrogens is 1. The summed E-state index contributed by atoms with van der Waals surface area (Å²) in [4.78, 5) is 47.1. The lowest BCUT2D eigenvalue weighted by Gasteiger charge is -2.36. The molecule has 2 aliphatic rings. The molecule has 1 saturated heterocycles. The first-order chi connectivity index (χ1) is 17.1. The summed E-state index contributed by atoms with van der Waals surface area (Å²) in [5, 5.41) is 0.468. The minimum absolute atomic E-state index is 0.0382. The summed E-state index contributed by atoms with van der Waals surface area (Å²) in [6, 6.07) is 12.6. The minimum Gasteiger partial charge on any atom is -0.367 e. The molecule has 2 aromatic carbocycles. The number of hydrogen-bond acceptors (Lipinski definition) is 5. The first kappa shape index (κ1) is 23.8. The Balaban J connectivity index is 1.31. The number of alkyl halides is 3. The average molecular weight is 515 g/mol. The molecule has 3 heterocycles. The van der Waals surface area contributed by atoms with Gasteiger partial charge in [-0.2, -0.15) is 13.2 Å². The number of piperazine rings is 1. The molecule has 3 amide bonds. The standard InChI is InChI=1S/C25H18ClF3N4O3/c26-15-5-7-16(8-6-15)33-23(35)19-13-17(14-30-21(19)24(33)36)31-9-11-32(12-10-31)22(34)18-3-1-2-4-20(18)25(27,28)29/h1-8,13-14H,9-12H2. The zero-order chi connectivity index (χ0) is 25.6. The van der Waals surface area contributed by atoms with Crippen LogP contribution in [0.2, 0.25) is 5.02 Å². The molecule has 1 aromatic heterocycles. The van der Waals surface area contributed by atoms with Gasteiger partial charge in [0.2, 0.25) is 0 Å². The maximum Gasteiger partial charge on any atom is 0.417 e. The number of rotatable bonds is 3. The molecule has 0 bridgehead atoms. The number of nitrogens with zero attached hydrogens (tertiary/aromatic N) is 4. The molecule has 5 rings (SSSR count). The van der Waals surface area contributed by atoms with Crippen molar-refractivity contribution >= 4 is 40.7 Å². The van der Waals surface area contributed by atoms with Crippen LogP contribution in [0.4, 0.5) is 24.5 Å². The highest BCUT2D eigenvalue weighted by atomic mass is 35.5. The molecule has 36 heavy (non-hydrogen) atoms. The van der Waals surface area contributed by atoms with Crippen LogP contribution in [0.5, 0.6) is 0 Å². The Labute approximate surface area is 208 Å². The number of benzene rings is 2. The first-order valence-corrected chi connectivity index (χ1v) is 11.4. The highest BCUT2D eigenvalue weighted by Crippen LogP contribution is 2.33. The average Bonchev–Trinajstić information content (AvgIpc) is 3.13. The van der Waals surface area contributed by atoms with E-state index >= 15 is 0 Å². The van der Waals surface area contributed by atoms with Gasteiger partial charge in [-0.15, -0.1) is 0 Å². The van der Waals surface area contributed by atoms with E-state index in [1.807, 2.05) is 4.90 Å². The Morgan fingerprint density at radius 2 is 1.56 bits per heavy atom. The van der Waals surface area contributed by atoms with Crippen molar-refractivity contribution in [2.24, 2.45) is 0 Å². The molecule has 0 N–H and O–H groups in total. The van der Waals surface area contributed by atoms with Crippen LogP contribution in [0.3, 0.4) is 0 Å².